The molecule has 0 atom stereocenters. The van der Waals surface area contributed by atoms with Crippen molar-refractivity contribution in [2.45, 2.75) is 0 Å². The second-order valence-corrected chi connectivity index (χ2v) is 5.69. The molecule has 0 aliphatic rings. The Morgan fingerprint density at radius 2 is 2.17 bits per heavy atom. The van der Waals surface area contributed by atoms with Crippen LogP contribution in [0.2, 0.25) is 0 Å². The predicted octanol–water partition coefficient (Wildman–Crippen LogP) is 4.29. The standard InChI is InChI=1S/C14H8BrNOS/c15-10-6-13(18-8-10)14(17)12-3-1-2-9-7-16-5-4-11(9)12/h1-8H. The lowest BCUT2D eigenvalue weighted by Crippen LogP contribution is -1.99. The van der Waals surface area contributed by atoms with Crippen molar-refractivity contribution < 1.29 is 4.79 Å². The molecule has 0 amide bonds. The lowest BCUT2D eigenvalue weighted by atomic mass is 10.0. The Kier molecular flexibility index (Phi) is 2.97. The third-order valence-electron chi connectivity index (χ3n) is 2.72. The molecule has 3 rings (SSSR count). The maximum absolute atomic E-state index is 12.4. The molecule has 3 aromatic rings. The molecule has 0 unspecified atom stereocenters. The smallest absolute Gasteiger partial charge is 0.203 e. The third-order valence-corrected chi connectivity index (χ3v) is 4.41. The van der Waals surface area contributed by atoms with Gasteiger partial charge in [-0.2, -0.15) is 0 Å². The Balaban J connectivity index is 2.17. The zero-order valence-electron chi connectivity index (χ0n) is 9.26. The van der Waals surface area contributed by atoms with E-state index in [1.165, 1.54) is 11.3 Å². The molecule has 0 radical (unpaired) electrons. The minimum absolute atomic E-state index is 0.0579. The lowest BCUT2D eigenvalue weighted by molar-refractivity contribution is 0.104. The molecule has 0 saturated carbocycles. The molecule has 2 aromatic heterocycles. The summed E-state index contributed by atoms with van der Waals surface area (Å²) in [6.07, 6.45) is 3.49. The number of fused-ring (bicyclic) bond motifs is 1. The van der Waals surface area contributed by atoms with Crippen LogP contribution in [-0.4, -0.2) is 10.8 Å². The van der Waals surface area contributed by atoms with Crippen molar-refractivity contribution in [3.8, 4) is 0 Å². The molecule has 18 heavy (non-hydrogen) atoms. The summed E-state index contributed by atoms with van der Waals surface area (Å²) in [4.78, 5) is 17.3. The van der Waals surface area contributed by atoms with Crippen LogP contribution in [0, 0.1) is 0 Å². The molecule has 0 N–H and O–H groups in total. The number of aromatic nitrogens is 1. The fraction of sp³-hybridized carbons (Fsp3) is 0. The van der Waals surface area contributed by atoms with E-state index in [2.05, 4.69) is 20.9 Å². The Morgan fingerprint density at radius 3 is 2.94 bits per heavy atom. The van der Waals surface area contributed by atoms with Crippen LogP contribution < -0.4 is 0 Å². The van der Waals surface area contributed by atoms with E-state index in [1.54, 1.807) is 12.4 Å². The quantitative estimate of drug-likeness (QED) is 0.660. The summed E-state index contributed by atoms with van der Waals surface area (Å²) in [5.41, 5.74) is 0.726. The van der Waals surface area contributed by atoms with Gasteiger partial charge in [0.2, 0.25) is 5.78 Å². The number of thiophene rings is 1. The van der Waals surface area contributed by atoms with Gasteiger partial charge in [0.05, 0.1) is 4.88 Å². The average Bonchev–Trinajstić information content (AvgIpc) is 2.84. The molecule has 1 aromatic carbocycles. The summed E-state index contributed by atoms with van der Waals surface area (Å²) in [6, 6.07) is 9.44. The van der Waals surface area contributed by atoms with E-state index in [-0.39, 0.29) is 5.78 Å². The maximum atomic E-state index is 12.4. The maximum Gasteiger partial charge on any atom is 0.203 e. The Bertz CT molecular complexity index is 730. The molecule has 88 valence electrons. The summed E-state index contributed by atoms with van der Waals surface area (Å²) in [5.74, 6) is 0.0579. The van der Waals surface area contributed by atoms with Crippen molar-refractivity contribution in [3.05, 3.63) is 63.0 Å². The first-order chi connectivity index (χ1) is 8.75. The van der Waals surface area contributed by atoms with E-state index in [0.717, 1.165) is 25.7 Å². The van der Waals surface area contributed by atoms with Gasteiger partial charge in [-0.15, -0.1) is 11.3 Å². The van der Waals surface area contributed by atoms with Gasteiger partial charge in [0, 0.05) is 33.2 Å². The lowest BCUT2D eigenvalue weighted by Gasteiger charge is -2.03. The van der Waals surface area contributed by atoms with Crippen molar-refractivity contribution in [1.29, 1.82) is 0 Å². The predicted molar refractivity (Wildman–Crippen MR) is 77.2 cm³/mol. The zero-order valence-corrected chi connectivity index (χ0v) is 11.7. The molecule has 0 aliphatic heterocycles. The van der Waals surface area contributed by atoms with Crippen LogP contribution >= 0.6 is 27.3 Å². The highest BCUT2D eigenvalue weighted by Crippen LogP contribution is 2.25. The van der Waals surface area contributed by atoms with Gasteiger partial charge in [-0.25, -0.2) is 0 Å². The number of halogens is 1. The third kappa shape index (κ3) is 1.98. The van der Waals surface area contributed by atoms with E-state index in [4.69, 9.17) is 0 Å². The fourth-order valence-corrected chi connectivity index (χ4v) is 3.27. The highest BCUT2D eigenvalue weighted by molar-refractivity contribution is 9.10. The zero-order chi connectivity index (χ0) is 12.5. The monoisotopic (exact) mass is 317 g/mol. The Morgan fingerprint density at radius 1 is 1.28 bits per heavy atom. The summed E-state index contributed by atoms with van der Waals surface area (Å²) >= 11 is 4.82. The topological polar surface area (TPSA) is 30.0 Å². The summed E-state index contributed by atoms with van der Waals surface area (Å²) in [6.45, 7) is 0. The second kappa shape index (κ2) is 4.63. The number of carbonyl (C=O) groups is 1. The first-order valence-electron chi connectivity index (χ1n) is 5.37. The highest BCUT2D eigenvalue weighted by atomic mass is 79.9. The molecule has 0 fully saturated rings. The van der Waals surface area contributed by atoms with Crippen molar-refractivity contribution in [2.75, 3.05) is 0 Å². The van der Waals surface area contributed by atoms with Crippen LogP contribution in [0.25, 0.3) is 10.8 Å². The summed E-state index contributed by atoms with van der Waals surface area (Å²) in [5, 5.41) is 3.85. The summed E-state index contributed by atoms with van der Waals surface area (Å²) in [7, 11) is 0. The first-order valence-corrected chi connectivity index (χ1v) is 7.04. The largest absolute Gasteiger partial charge is 0.288 e. The van der Waals surface area contributed by atoms with E-state index in [1.807, 2.05) is 35.7 Å². The molecule has 4 heteroatoms. The van der Waals surface area contributed by atoms with Crippen LogP contribution in [0.3, 0.4) is 0 Å². The van der Waals surface area contributed by atoms with Crippen LogP contribution in [0.4, 0.5) is 0 Å². The van der Waals surface area contributed by atoms with E-state index in [9.17, 15) is 4.79 Å². The SMILES string of the molecule is O=C(c1cc(Br)cs1)c1cccc2cnccc12. The molecule has 0 saturated heterocycles. The van der Waals surface area contributed by atoms with Gasteiger partial charge in [-0.1, -0.05) is 18.2 Å². The summed E-state index contributed by atoms with van der Waals surface area (Å²) < 4.78 is 0.942. The number of rotatable bonds is 2. The molecular formula is C14H8BrNOS. The van der Waals surface area contributed by atoms with Gasteiger partial charge in [-0.3, -0.25) is 9.78 Å². The van der Waals surface area contributed by atoms with Crippen molar-refractivity contribution >= 4 is 43.8 Å². The number of benzene rings is 1. The fourth-order valence-electron chi connectivity index (χ4n) is 1.89. The van der Waals surface area contributed by atoms with Gasteiger partial charge in [0.15, 0.2) is 0 Å². The van der Waals surface area contributed by atoms with Gasteiger partial charge in [0.1, 0.15) is 0 Å². The molecule has 2 nitrogen and oxygen atoms in total. The molecule has 0 spiro atoms. The van der Waals surface area contributed by atoms with Crippen molar-refractivity contribution in [3.63, 3.8) is 0 Å². The number of carbonyl (C=O) groups excluding carboxylic acids is 1. The number of pyridine rings is 1. The van der Waals surface area contributed by atoms with Crippen molar-refractivity contribution in [1.82, 2.24) is 4.98 Å². The van der Waals surface area contributed by atoms with E-state index < -0.39 is 0 Å². The van der Waals surface area contributed by atoms with Gasteiger partial charge in [0.25, 0.3) is 0 Å². The average molecular weight is 318 g/mol. The van der Waals surface area contributed by atoms with Gasteiger partial charge >= 0.3 is 0 Å². The first kappa shape index (κ1) is 11.6. The number of ketones is 1. The second-order valence-electron chi connectivity index (χ2n) is 3.86. The molecule has 0 aliphatic carbocycles. The minimum Gasteiger partial charge on any atom is -0.288 e. The normalized spacial score (nSPS) is 10.7. The number of nitrogens with zero attached hydrogens (tertiary/aromatic N) is 1. The molecule has 0 bridgehead atoms. The van der Waals surface area contributed by atoms with E-state index in [0.29, 0.717) is 0 Å². The molecular weight excluding hydrogens is 310 g/mol. The van der Waals surface area contributed by atoms with E-state index >= 15 is 0 Å². The number of hydrogen-bond acceptors (Lipinski definition) is 3. The van der Waals surface area contributed by atoms with Crippen LogP contribution in [0.15, 0.2) is 52.6 Å². The molecule has 2 heterocycles. The highest BCUT2D eigenvalue weighted by Gasteiger charge is 2.14. The van der Waals surface area contributed by atoms with Crippen LogP contribution in [0.5, 0.6) is 0 Å². The Hall–Kier alpha value is -1.52. The minimum atomic E-state index is 0.0579. The number of hydrogen-bond donors (Lipinski definition) is 0. The van der Waals surface area contributed by atoms with Crippen LogP contribution in [-0.2, 0) is 0 Å². The van der Waals surface area contributed by atoms with Crippen LogP contribution in [0.1, 0.15) is 15.2 Å². The van der Waals surface area contributed by atoms with Crippen molar-refractivity contribution in [2.24, 2.45) is 0 Å². The van der Waals surface area contributed by atoms with Gasteiger partial charge in [-0.05, 0) is 33.4 Å². The Labute approximate surface area is 116 Å². The van der Waals surface area contributed by atoms with Gasteiger partial charge < -0.3 is 0 Å².